The van der Waals surface area contributed by atoms with E-state index in [2.05, 4.69) is 10.9 Å². The molecule has 0 saturated heterocycles. The first-order valence-electron chi connectivity index (χ1n) is 6.34. The standard InChI is InChI=1S/C14H20N2O3/c1-9-7-11-12(19-6-5-18-11)8-10(9)14(2,3)13(17)16-15-4/h7-8,15H,5-6H2,1-4H3,(H,16,17). The number of hydrogen-bond acceptors (Lipinski definition) is 4. The number of rotatable bonds is 3. The second-order valence-corrected chi connectivity index (χ2v) is 5.14. The first kappa shape index (κ1) is 13.7. The molecule has 104 valence electrons. The zero-order valence-electron chi connectivity index (χ0n) is 11.8. The first-order chi connectivity index (χ1) is 8.96. The van der Waals surface area contributed by atoms with Gasteiger partial charge in [-0.1, -0.05) is 0 Å². The molecule has 1 aliphatic heterocycles. The lowest BCUT2D eigenvalue weighted by Gasteiger charge is -2.28. The van der Waals surface area contributed by atoms with Crippen LogP contribution in [0.15, 0.2) is 12.1 Å². The van der Waals surface area contributed by atoms with Gasteiger partial charge in [-0.15, -0.1) is 0 Å². The molecule has 5 nitrogen and oxygen atoms in total. The van der Waals surface area contributed by atoms with Crippen LogP contribution in [0, 0.1) is 6.92 Å². The molecule has 0 aliphatic carbocycles. The van der Waals surface area contributed by atoms with E-state index in [4.69, 9.17) is 9.47 Å². The molecule has 0 aromatic heterocycles. The first-order valence-corrected chi connectivity index (χ1v) is 6.34. The van der Waals surface area contributed by atoms with Crippen LogP contribution in [0.3, 0.4) is 0 Å². The minimum Gasteiger partial charge on any atom is -0.486 e. The maximum Gasteiger partial charge on any atom is 0.244 e. The maximum absolute atomic E-state index is 12.1. The summed E-state index contributed by atoms with van der Waals surface area (Å²) < 4.78 is 11.1. The summed E-state index contributed by atoms with van der Waals surface area (Å²) in [7, 11) is 1.67. The molecule has 0 bridgehead atoms. The van der Waals surface area contributed by atoms with Crippen molar-refractivity contribution in [1.29, 1.82) is 0 Å². The topological polar surface area (TPSA) is 59.6 Å². The highest BCUT2D eigenvalue weighted by atomic mass is 16.6. The zero-order valence-corrected chi connectivity index (χ0v) is 11.8. The highest BCUT2D eigenvalue weighted by Crippen LogP contribution is 2.37. The van der Waals surface area contributed by atoms with Gasteiger partial charge in [0.2, 0.25) is 5.91 Å². The van der Waals surface area contributed by atoms with Gasteiger partial charge < -0.3 is 9.47 Å². The van der Waals surface area contributed by atoms with Gasteiger partial charge in [-0.25, -0.2) is 5.43 Å². The molecule has 5 heteroatoms. The Balaban J connectivity index is 2.41. The Morgan fingerprint density at radius 1 is 1.21 bits per heavy atom. The summed E-state index contributed by atoms with van der Waals surface area (Å²) in [6.45, 7) is 6.85. The summed E-state index contributed by atoms with van der Waals surface area (Å²) >= 11 is 0. The fourth-order valence-electron chi connectivity index (χ4n) is 2.26. The maximum atomic E-state index is 12.1. The van der Waals surface area contributed by atoms with Crippen LogP contribution in [-0.2, 0) is 10.2 Å². The van der Waals surface area contributed by atoms with E-state index < -0.39 is 5.41 Å². The molecular formula is C14H20N2O3. The average Bonchev–Trinajstić information content (AvgIpc) is 2.38. The average molecular weight is 264 g/mol. The van der Waals surface area contributed by atoms with Gasteiger partial charge in [0, 0.05) is 7.05 Å². The van der Waals surface area contributed by atoms with Crippen LogP contribution in [0.4, 0.5) is 0 Å². The number of amides is 1. The molecule has 0 spiro atoms. The van der Waals surface area contributed by atoms with Gasteiger partial charge in [0.1, 0.15) is 13.2 Å². The summed E-state index contributed by atoms with van der Waals surface area (Å²) in [6.07, 6.45) is 0. The zero-order chi connectivity index (χ0) is 14.0. The third-order valence-corrected chi connectivity index (χ3v) is 3.37. The van der Waals surface area contributed by atoms with E-state index in [0.29, 0.717) is 19.0 Å². The largest absolute Gasteiger partial charge is 0.486 e. The van der Waals surface area contributed by atoms with Gasteiger partial charge in [-0.05, 0) is 44.0 Å². The Morgan fingerprint density at radius 3 is 2.37 bits per heavy atom. The Morgan fingerprint density at radius 2 is 1.79 bits per heavy atom. The lowest BCUT2D eigenvalue weighted by Crippen LogP contribution is -2.45. The molecule has 0 saturated carbocycles. The van der Waals surface area contributed by atoms with E-state index >= 15 is 0 Å². The molecule has 0 radical (unpaired) electrons. The van der Waals surface area contributed by atoms with E-state index in [1.54, 1.807) is 7.05 Å². The molecule has 0 atom stereocenters. The van der Waals surface area contributed by atoms with E-state index in [1.807, 2.05) is 32.9 Å². The number of nitrogens with one attached hydrogen (secondary N) is 2. The van der Waals surface area contributed by atoms with Crippen molar-refractivity contribution in [2.24, 2.45) is 0 Å². The van der Waals surface area contributed by atoms with E-state index in [0.717, 1.165) is 16.9 Å². The summed E-state index contributed by atoms with van der Waals surface area (Å²) in [5, 5.41) is 0. The van der Waals surface area contributed by atoms with Gasteiger partial charge in [0.25, 0.3) is 0 Å². The minimum atomic E-state index is -0.650. The highest BCUT2D eigenvalue weighted by Gasteiger charge is 2.32. The van der Waals surface area contributed by atoms with Gasteiger partial charge in [-0.3, -0.25) is 10.2 Å². The molecule has 2 rings (SSSR count). The van der Waals surface area contributed by atoms with Crippen LogP contribution in [0.2, 0.25) is 0 Å². The summed E-state index contributed by atoms with van der Waals surface area (Å²) in [5.74, 6) is 1.37. The summed E-state index contributed by atoms with van der Waals surface area (Å²) in [5.41, 5.74) is 6.60. The number of hydrogen-bond donors (Lipinski definition) is 2. The van der Waals surface area contributed by atoms with Crippen LogP contribution in [0.25, 0.3) is 0 Å². The third kappa shape index (κ3) is 2.51. The van der Waals surface area contributed by atoms with Crippen molar-refractivity contribution in [3.05, 3.63) is 23.3 Å². The Hall–Kier alpha value is -1.75. The lowest BCUT2D eigenvalue weighted by molar-refractivity contribution is -0.126. The smallest absolute Gasteiger partial charge is 0.244 e. The number of fused-ring (bicyclic) bond motifs is 1. The molecule has 1 amide bonds. The molecular weight excluding hydrogens is 244 g/mol. The predicted octanol–water partition coefficient (Wildman–Crippen LogP) is 1.29. The lowest BCUT2D eigenvalue weighted by atomic mass is 9.81. The van der Waals surface area contributed by atoms with Crippen molar-refractivity contribution in [3.63, 3.8) is 0 Å². The number of aryl methyl sites for hydroxylation is 1. The molecule has 1 heterocycles. The quantitative estimate of drug-likeness (QED) is 0.808. The molecule has 1 aromatic rings. The molecule has 2 N–H and O–H groups in total. The fourth-order valence-corrected chi connectivity index (χ4v) is 2.26. The Bertz CT molecular complexity index is 498. The van der Waals surface area contributed by atoms with Crippen LogP contribution in [0.5, 0.6) is 11.5 Å². The van der Waals surface area contributed by atoms with Gasteiger partial charge in [0.05, 0.1) is 5.41 Å². The van der Waals surface area contributed by atoms with Crippen LogP contribution < -0.4 is 20.3 Å². The molecule has 0 unspecified atom stereocenters. The van der Waals surface area contributed by atoms with Crippen molar-refractivity contribution in [2.75, 3.05) is 20.3 Å². The highest BCUT2D eigenvalue weighted by molar-refractivity contribution is 5.87. The molecule has 1 aromatic carbocycles. The van der Waals surface area contributed by atoms with Crippen molar-refractivity contribution in [3.8, 4) is 11.5 Å². The second-order valence-electron chi connectivity index (χ2n) is 5.14. The normalized spacial score (nSPS) is 14.1. The number of benzene rings is 1. The molecule has 19 heavy (non-hydrogen) atoms. The van der Waals surface area contributed by atoms with Crippen molar-refractivity contribution in [1.82, 2.24) is 10.9 Å². The van der Waals surface area contributed by atoms with E-state index in [-0.39, 0.29) is 5.91 Å². The number of carbonyl (C=O) groups excluding carboxylic acids is 1. The second kappa shape index (κ2) is 5.09. The van der Waals surface area contributed by atoms with Gasteiger partial charge >= 0.3 is 0 Å². The SMILES string of the molecule is CNNC(=O)C(C)(C)c1cc2c(cc1C)OCCO2. The van der Waals surface area contributed by atoms with Crippen molar-refractivity contribution >= 4 is 5.91 Å². The fraction of sp³-hybridized carbons (Fsp3) is 0.500. The number of hydrazine groups is 1. The molecule has 0 fully saturated rings. The monoisotopic (exact) mass is 264 g/mol. The third-order valence-electron chi connectivity index (χ3n) is 3.37. The Labute approximate surface area is 113 Å². The van der Waals surface area contributed by atoms with Crippen LogP contribution in [0.1, 0.15) is 25.0 Å². The predicted molar refractivity (Wildman–Crippen MR) is 72.4 cm³/mol. The van der Waals surface area contributed by atoms with Crippen molar-refractivity contribution in [2.45, 2.75) is 26.2 Å². The summed E-state index contributed by atoms with van der Waals surface area (Å²) in [4.78, 5) is 12.1. The van der Waals surface area contributed by atoms with Gasteiger partial charge in [-0.2, -0.15) is 0 Å². The number of ether oxygens (including phenoxy) is 2. The molecule has 1 aliphatic rings. The summed E-state index contributed by atoms with van der Waals surface area (Å²) in [6, 6.07) is 3.83. The Kier molecular flexibility index (Phi) is 3.66. The minimum absolute atomic E-state index is 0.0882. The van der Waals surface area contributed by atoms with E-state index in [1.165, 1.54) is 0 Å². The van der Waals surface area contributed by atoms with E-state index in [9.17, 15) is 4.79 Å². The van der Waals surface area contributed by atoms with Crippen LogP contribution >= 0.6 is 0 Å². The van der Waals surface area contributed by atoms with Gasteiger partial charge in [0.15, 0.2) is 11.5 Å². The number of carbonyl (C=O) groups is 1. The van der Waals surface area contributed by atoms with Crippen molar-refractivity contribution < 1.29 is 14.3 Å². The van der Waals surface area contributed by atoms with Crippen LogP contribution in [-0.4, -0.2) is 26.2 Å².